The van der Waals surface area contributed by atoms with E-state index in [1.54, 1.807) is 0 Å². The largest absolute Gasteiger partial charge is 0.478 e. The van der Waals surface area contributed by atoms with E-state index in [0.29, 0.717) is 17.3 Å². The third-order valence-electron chi connectivity index (χ3n) is 3.83. The number of hydrogen-bond acceptors (Lipinski definition) is 5. The first-order chi connectivity index (χ1) is 13.8. The Kier molecular flexibility index (Phi) is 8.43. The molecule has 3 rings (SSSR count). The Morgan fingerprint density at radius 3 is 2.52 bits per heavy atom. The lowest BCUT2D eigenvalue weighted by atomic mass is 10.2. The SMILES string of the molecule is CC.CS(C)(C)CCOCn1cc(C(=O)O)c(-c2nc(-c3ccccc3)cs2)n1. The number of ether oxygens (including phenoxy) is 1. The third-order valence-corrected chi connectivity index (χ3v) is 6.07. The number of carboxylic acid groups (broad SMARTS) is 1. The van der Waals surface area contributed by atoms with E-state index in [1.807, 2.05) is 49.6 Å². The summed E-state index contributed by atoms with van der Waals surface area (Å²) in [5.41, 5.74) is 2.31. The van der Waals surface area contributed by atoms with Crippen molar-refractivity contribution in [3.05, 3.63) is 47.5 Å². The molecule has 1 aromatic carbocycles. The molecule has 0 fully saturated rings. The number of benzene rings is 1. The Hall–Kier alpha value is -2.16. The first kappa shape index (κ1) is 23.1. The molecule has 0 aliphatic rings. The number of hydrogen-bond donors (Lipinski definition) is 1. The molecule has 0 unspecified atom stereocenters. The lowest BCUT2D eigenvalue weighted by molar-refractivity contribution is 0.0694. The minimum atomic E-state index is -1.02. The fraction of sp³-hybridized carbons (Fsp3) is 0.381. The molecule has 0 saturated heterocycles. The van der Waals surface area contributed by atoms with Gasteiger partial charge in [0.25, 0.3) is 0 Å². The highest BCUT2D eigenvalue weighted by molar-refractivity contribution is 8.32. The second kappa shape index (κ2) is 10.6. The van der Waals surface area contributed by atoms with Gasteiger partial charge in [0.1, 0.15) is 23.0 Å². The molecular weight excluding hydrogens is 406 g/mol. The van der Waals surface area contributed by atoms with Gasteiger partial charge in [-0.3, -0.25) is 0 Å². The summed E-state index contributed by atoms with van der Waals surface area (Å²) in [6, 6.07) is 9.79. The van der Waals surface area contributed by atoms with Crippen molar-refractivity contribution < 1.29 is 14.6 Å². The third kappa shape index (κ3) is 6.69. The number of rotatable bonds is 8. The average Bonchev–Trinajstić information content (AvgIpc) is 3.34. The van der Waals surface area contributed by atoms with Crippen molar-refractivity contribution in [1.82, 2.24) is 14.8 Å². The Morgan fingerprint density at radius 2 is 1.90 bits per heavy atom. The molecule has 0 radical (unpaired) electrons. The number of aromatic carboxylic acids is 1. The van der Waals surface area contributed by atoms with Gasteiger partial charge in [-0.05, 0) is 18.8 Å². The number of carboxylic acids is 1. The summed E-state index contributed by atoms with van der Waals surface area (Å²) in [5, 5.41) is 16.4. The molecule has 0 bridgehead atoms. The molecule has 29 heavy (non-hydrogen) atoms. The summed E-state index contributed by atoms with van der Waals surface area (Å²) >= 11 is 1.39. The van der Waals surface area contributed by atoms with E-state index in [-0.39, 0.29) is 12.3 Å². The molecule has 0 aliphatic heterocycles. The molecule has 3 aromatic rings. The van der Waals surface area contributed by atoms with E-state index in [4.69, 9.17) is 4.74 Å². The van der Waals surface area contributed by atoms with Gasteiger partial charge in [0.2, 0.25) is 0 Å². The van der Waals surface area contributed by atoms with Crippen molar-refractivity contribution in [3.8, 4) is 22.0 Å². The molecule has 158 valence electrons. The fourth-order valence-corrected chi connectivity index (χ4v) is 3.84. The van der Waals surface area contributed by atoms with Gasteiger partial charge in [-0.15, -0.1) is 11.3 Å². The van der Waals surface area contributed by atoms with Gasteiger partial charge in [-0.25, -0.2) is 24.5 Å². The Labute approximate surface area is 177 Å². The van der Waals surface area contributed by atoms with Crippen molar-refractivity contribution in [2.45, 2.75) is 20.6 Å². The molecule has 0 atom stereocenters. The van der Waals surface area contributed by atoms with Crippen LogP contribution < -0.4 is 0 Å². The molecule has 0 saturated carbocycles. The maximum atomic E-state index is 11.6. The van der Waals surface area contributed by atoms with E-state index >= 15 is 0 Å². The predicted molar refractivity (Wildman–Crippen MR) is 123 cm³/mol. The molecule has 8 heteroatoms. The van der Waals surface area contributed by atoms with Crippen molar-refractivity contribution in [1.29, 1.82) is 0 Å². The van der Waals surface area contributed by atoms with Crippen molar-refractivity contribution in [2.75, 3.05) is 31.1 Å². The van der Waals surface area contributed by atoms with Gasteiger partial charge in [0.05, 0.1) is 12.3 Å². The van der Waals surface area contributed by atoms with Crippen molar-refractivity contribution in [3.63, 3.8) is 0 Å². The van der Waals surface area contributed by atoms with Gasteiger partial charge in [0, 0.05) is 22.9 Å². The van der Waals surface area contributed by atoms with Crippen molar-refractivity contribution in [2.24, 2.45) is 0 Å². The maximum Gasteiger partial charge on any atom is 0.339 e. The second-order valence-electron chi connectivity index (χ2n) is 6.97. The topological polar surface area (TPSA) is 77.2 Å². The van der Waals surface area contributed by atoms with E-state index in [9.17, 15) is 9.90 Å². The standard InChI is InChI=1S/C19H23N3O3S2.C2H6/c1-27(2,3)10-9-25-13-22-11-15(19(23)24)17(21-22)18-20-16(12-26-18)14-7-5-4-6-8-14;1-2/h4-8,11-12H,9-10,13H2,1-3H3,(H,23,24);1-2H3. The van der Waals surface area contributed by atoms with Crippen LogP contribution in [0.5, 0.6) is 0 Å². The minimum absolute atomic E-state index is 0.133. The highest BCUT2D eigenvalue weighted by atomic mass is 32.3. The molecule has 0 spiro atoms. The van der Waals surface area contributed by atoms with Crippen molar-refractivity contribution >= 4 is 27.3 Å². The van der Waals surface area contributed by atoms with Gasteiger partial charge >= 0.3 is 5.97 Å². The summed E-state index contributed by atoms with van der Waals surface area (Å²) in [7, 11) is -0.619. The average molecular weight is 436 g/mol. The molecule has 1 N–H and O–H groups in total. The lowest BCUT2D eigenvalue weighted by Gasteiger charge is -2.24. The predicted octanol–water partition coefficient (Wildman–Crippen LogP) is 5.07. The fourth-order valence-electron chi connectivity index (χ4n) is 2.39. The highest BCUT2D eigenvalue weighted by Gasteiger charge is 2.20. The van der Waals surface area contributed by atoms with Crippen LogP contribution in [0, 0.1) is 0 Å². The Bertz CT molecular complexity index is 915. The van der Waals surface area contributed by atoms with Crippen LogP contribution in [0.3, 0.4) is 0 Å². The smallest absolute Gasteiger partial charge is 0.339 e. The minimum Gasteiger partial charge on any atom is -0.478 e. The second-order valence-corrected chi connectivity index (χ2v) is 12.4. The van der Waals surface area contributed by atoms with Crippen LogP contribution >= 0.6 is 21.4 Å². The number of carbonyl (C=O) groups is 1. The normalized spacial score (nSPS) is 11.6. The van der Waals surface area contributed by atoms with Gasteiger partial charge < -0.3 is 9.84 Å². The van der Waals surface area contributed by atoms with Gasteiger partial charge in [0.15, 0.2) is 0 Å². The molecular formula is C21H29N3O3S2. The van der Waals surface area contributed by atoms with Crippen LogP contribution in [-0.4, -0.2) is 57.0 Å². The lowest BCUT2D eigenvalue weighted by Crippen LogP contribution is -2.10. The first-order valence-electron chi connectivity index (χ1n) is 9.39. The Morgan fingerprint density at radius 1 is 1.21 bits per heavy atom. The zero-order valence-corrected chi connectivity index (χ0v) is 19.2. The molecule has 0 amide bonds. The van der Waals surface area contributed by atoms with Crippen LogP contribution in [0.2, 0.25) is 0 Å². The monoisotopic (exact) mass is 435 g/mol. The Balaban J connectivity index is 0.00000145. The van der Waals surface area contributed by atoms with E-state index in [1.165, 1.54) is 22.2 Å². The number of nitrogens with zero attached hydrogens (tertiary/aromatic N) is 3. The van der Waals surface area contributed by atoms with E-state index < -0.39 is 16.0 Å². The maximum absolute atomic E-state index is 11.6. The summed E-state index contributed by atoms with van der Waals surface area (Å²) in [4.78, 5) is 16.2. The van der Waals surface area contributed by atoms with Crippen LogP contribution in [0.15, 0.2) is 41.9 Å². The summed E-state index contributed by atoms with van der Waals surface area (Å²) in [6.45, 7) is 4.86. The van der Waals surface area contributed by atoms with Crippen LogP contribution in [-0.2, 0) is 11.5 Å². The molecule has 6 nitrogen and oxygen atoms in total. The molecule has 2 heterocycles. The van der Waals surface area contributed by atoms with E-state index in [0.717, 1.165) is 17.0 Å². The zero-order valence-electron chi connectivity index (χ0n) is 17.6. The summed E-state index contributed by atoms with van der Waals surface area (Å²) in [5.74, 6) is -0.0216. The van der Waals surface area contributed by atoms with Gasteiger partial charge in [-0.2, -0.15) is 5.10 Å². The quantitative estimate of drug-likeness (QED) is 0.500. The number of thiazole rings is 1. The van der Waals surface area contributed by atoms with E-state index in [2.05, 4.69) is 28.8 Å². The summed E-state index contributed by atoms with van der Waals surface area (Å²) in [6.07, 6.45) is 8.21. The number of aromatic nitrogens is 3. The molecule has 0 aliphatic carbocycles. The van der Waals surface area contributed by atoms with Crippen LogP contribution in [0.4, 0.5) is 0 Å². The van der Waals surface area contributed by atoms with Gasteiger partial charge in [-0.1, -0.05) is 44.2 Å². The molecule has 2 aromatic heterocycles. The highest BCUT2D eigenvalue weighted by Crippen LogP contribution is 2.33. The van der Waals surface area contributed by atoms with Crippen LogP contribution in [0.1, 0.15) is 24.2 Å². The summed E-state index contributed by atoms with van der Waals surface area (Å²) < 4.78 is 7.19. The zero-order chi connectivity index (χ0) is 21.4. The first-order valence-corrected chi connectivity index (χ1v) is 13.3. The van der Waals surface area contributed by atoms with Crippen LogP contribution in [0.25, 0.3) is 22.0 Å².